The summed E-state index contributed by atoms with van der Waals surface area (Å²) < 4.78 is 16.3. The molecule has 2 atom stereocenters. The Morgan fingerprint density at radius 3 is 1.33 bits per heavy atom. The summed E-state index contributed by atoms with van der Waals surface area (Å²) in [7, 11) is 0. The molecule has 0 saturated carbocycles. The van der Waals surface area contributed by atoms with Gasteiger partial charge in [-0.15, -0.1) is 0 Å². The zero-order valence-corrected chi connectivity index (χ0v) is 28.4. The van der Waals surface area contributed by atoms with Gasteiger partial charge in [0, 0.05) is 12.8 Å². The lowest BCUT2D eigenvalue weighted by Crippen LogP contribution is -2.53. The highest BCUT2D eigenvalue weighted by Gasteiger charge is 2.31. The van der Waals surface area contributed by atoms with Crippen LogP contribution in [0.5, 0.6) is 0 Å². The molecule has 2 amide bonds. The molecule has 0 aliphatic heterocycles. The number of carbonyl (C=O) groups excluding carboxylic acids is 5. The van der Waals surface area contributed by atoms with Crippen LogP contribution in [0, 0.1) is 0 Å². The van der Waals surface area contributed by atoms with Crippen LogP contribution in [0.2, 0.25) is 0 Å². The van der Waals surface area contributed by atoms with Gasteiger partial charge in [-0.3, -0.25) is 4.79 Å². The van der Waals surface area contributed by atoms with Gasteiger partial charge in [0.25, 0.3) is 0 Å². The molecule has 0 bridgehead atoms. The average Bonchev–Trinajstić information content (AvgIpc) is 2.83. The Kier molecular flexibility index (Phi) is 19.1. The normalized spacial score (nSPS) is 13.4. The SMILES string of the molecule is CC(C)(C)OC(=O)CC[C@H](NC(=O)N[C@@H](CCCCCCCCCCCCC=O)C(=O)OC(C)(C)C)C(=O)OC(C)(C)C. The third-order valence-corrected chi connectivity index (χ3v) is 6.12. The monoisotopic (exact) mass is 612 g/mol. The summed E-state index contributed by atoms with van der Waals surface area (Å²) >= 11 is 0. The van der Waals surface area contributed by atoms with Crippen LogP contribution in [-0.4, -0.2) is 59.1 Å². The van der Waals surface area contributed by atoms with Crippen LogP contribution in [0.4, 0.5) is 4.79 Å². The van der Waals surface area contributed by atoms with E-state index in [4.69, 9.17) is 14.2 Å². The highest BCUT2D eigenvalue weighted by Crippen LogP contribution is 2.16. The van der Waals surface area contributed by atoms with Gasteiger partial charge in [0.1, 0.15) is 35.2 Å². The summed E-state index contributed by atoms with van der Waals surface area (Å²) in [4.78, 5) is 61.5. The van der Waals surface area contributed by atoms with E-state index in [2.05, 4.69) is 10.6 Å². The van der Waals surface area contributed by atoms with Crippen molar-refractivity contribution in [2.45, 2.75) is 181 Å². The quantitative estimate of drug-likeness (QED) is 0.0670. The van der Waals surface area contributed by atoms with E-state index in [0.717, 1.165) is 57.7 Å². The molecule has 10 heteroatoms. The van der Waals surface area contributed by atoms with E-state index >= 15 is 0 Å². The summed E-state index contributed by atoms with van der Waals surface area (Å²) in [5, 5.41) is 5.28. The van der Waals surface area contributed by atoms with Crippen molar-refractivity contribution in [3.63, 3.8) is 0 Å². The molecule has 10 nitrogen and oxygen atoms in total. The molecule has 0 aromatic rings. The van der Waals surface area contributed by atoms with E-state index in [1.807, 2.05) is 0 Å². The molecular weight excluding hydrogens is 552 g/mol. The van der Waals surface area contributed by atoms with Crippen LogP contribution in [-0.2, 0) is 33.4 Å². The standard InChI is InChI=1S/C33H60N2O8/c1-31(2,3)41-27(37)23-22-26(29(39)43-33(7,8)9)35-30(40)34-25(28(38)42-32(4,5)6)21-19-17-15-13-11-10-12-14-16-18-20-24-36/h24-26H,10-23H2,1-9H3,(H2,34,35,40)/t25-,26-/m0/s1. The first-order chi connectivity index (χ1) is 19.8. The Morgan fingerprint density at radius 2 is 0.930 bits per heavy atom. The second-order valence-electron chi connectivity index (χ2n) is 14.2. The molecule has 0 radical (unpaired) electrons. The summed E-state index contributed by atoms with van der Waals surface area (Å²) in [6.45, 7) is 15.7. The molecule has 43 heavy (non-hydrogen) atoms. The van der Waals surface area contributed by atoms with Crippen LogP contribution < -0.4 is 10.6 Å². The van der Waals surface area contributed by atoms with Gasteiger partial charge in [-0.2, -0.15) is 0 Å². The van der Waals surface area contributed by atoms with Gasteiger partial charge in [0.05, 0.1) is 0 Å². The first-order valence-electron chi connectivity index (χ1n) is 16.0. The molecule has 0 aromatic carbocycles. The minimum atomic E-state index is -1.11. The van der Waals surface area contributed by atoms with E-state index in [0.29, 0.717) is 12.8 Å². The molecular formula is C33H60N2O8. The van der Waals surface area contributed by atoms with Gasteiger partial charge in [0.2, 0.25) is 0 Å². The largest absolute Gasteiger partial charge is 0.460 e. The molecule has 250 valence electrons. The Bertz CT molecular complexity index is 852. The number of aldehydes is 1. The van der Waals surface area contributed by atoms with Gasteiger partial charge in [-0.05, 0) is 81.6 Å². The number of nitrogens with one attached hydrogen (secondary N) is 2. The maximum absolute atomic E-state index is 13.0. The van der Waals surface area contributed by atoms with Crippen molar-refractivity contribution in [2.75, 3.05) is 0 Å². The Hall–Kier alpha value is -2.65. The van der Waals surface area contributed by atoms with E-state index in [-0.39, 0.29) is 12.8 Å². The lowest BCUT2D eigenvalue weighted by atomic mass is 10.0. The number of unbranched alkanes of at least 4 members (excludes halogenated alkanes) is 10. The van der Waals surface area contributed by atoms with Gasteiger partial charge < -0.3 is 29.6 Å². The van der Waals surface area contributed by atoms with Gasteiger partial charge in [-0.1, -0.05) is 57.8 Å². The van der Waals surface area contributed by atoms with Crippen LogP contribution in [0.15, 0.2) is 0 Å². The van der Waals surface area contributed by atoms with E-state index in [1.165, 1.54) is 12.8 Å². The number of amides is 2. The van der Waals surface area contributed by atoms with Gasteiger partial charge in [-0.25, -0.2) is 14.4 Å². The highest BCUT2D eigenvalue weighted by molar-refractivity contribution is 5.87. The van der Waals surface area contributed by atoms with Crippen molar-refractivity contribution in [3.8, 4) is 0 Å². The molecule has 0 unspecified atom stereocenters. The van der Waals surface area contributed by atoms with E-state index < -0.39 is 52.8 Å². The Balaban J connectivity index is 5.06. The molecule has 2 N–H and O–H groups in total. The molecule has 0 saturated heterocycles. The molecule has 0 rings (SSSR count). The van der Waals surface area contributed by atoms with Crippen LogP contribution in [0.3, 0.4) is 0 Å². The predicted molar refractivity (Wildman–Crippen MR) is 167 cm³/mol. The third-order valence-electron chi connectivity index (χ3n) is 6.12. The number of urea groups is 1. The van der Waals surface area contributed by atoms with Crippen molar-refractivity contribution in [2.24, 2.45) is 0 Å². The smallest absolute Gasteiger partial charge is 0.329 e. The number of esters is 3. The highest BCUT2D eigenvalue weighted by atomic mass is 16.6. The zero-order valence-electron chi connectivity index (χ0n) is 28.4. The topological polar surface area (TPSA) is 137 Å². The lowest BCUT2D eigenvalue weighted by Gasteiger charge is -2.27. The fraction of sp³-hybridized carbons (Fsp3) is 0.848. The molecule has 0 heterocycles. The minimum absolute atomic E-state index is 0.0207. The van der Waals surface area contributed by atoms with Crippen molar-refractivity contribution >= 4 is 30.2 Å². The number of carbonyl (C=O) groups is 5. The van der Waals surface area contributed by atoms with Crippen molar-refractivity contribution in [1.29, 1.82) is 0 Å². The Morgan fingerprint density at radius 1 is 0.558 bits per heavy atom. The number of ether oxygens (including phenoxy) is 3. The number of rotatable bonds is 20. The molecule has 0 aromatic heterocycles. The average molecular weight is 613 g/mol. The predicted octanol–water partition coefficient (Wildman–Crippen LogP) is 6.71. The Labute approximate surface area is 260 Å². The molecule has 0 spiro atoms. The maximum atomic E-state index is 13.0. The summed E-state index contributed by atoms with van der Waals surface area (Å²) in [6.07, 6.45) is 12.4. The fourth-order valence-electron chi connectivity index (χ4n) is 4.25. The summed E-state index contributed by atoms with van der Waals surface area (Å²) in [5.41, 5.74) is -2.20. The van der Waals surface area contributed by atoms with Gasteiger partial charge in [0.15, 0.2) is 0 Å². The van der Waals surface area contributed by atoms with Crippen LogP contribution in [0.1, 0.15) is 152 Å². The molecule has 0 aliphatic rings. The van der Waals surface area contributed by atoms with E-state index in [9.17, 15) is 24.0 Å². The second kappa shape index (κ2) is 20.3. The maximum Gasteiger partial charge on any atom is 0.329 e. The van der Waals surface area contributed by atoms with Crippen LogP contribution >= 0.6 is 0 Å². The van der Waals surface area contributed by atoms with Crippen LogP contribution in [0.25, 0.3) is 0 Å². The first kappa shape index (κ1) is 40.4. The second-order valence-corrected chi connectivity index (χ2v) is 14.2. The first-order valence-corrected chi connectivity index (χ1v) is 16.0. The number of hydrogen-bond donors (Lipinski definition) is 2. The number of hydrogen-bond acceptors (Lipinski definition) is 8. The summed E-state index contributed by atoms with van der Waals surface area (Å²) in [6, 6.07) is -2.73. The van der Waals surface area contributed by atoms with Gasteiger partial charge >= 0.3 is 23.9 Å². The minimum Gasteiger partial charge on any atom is -0.460 e. The molecule has 0 aliphatic carbocycles. The third kappa shape index (κ3) is 24.5. The van der Waals surface area contributed by atoms with E-state index in [1.54, 1.807) is 62.3 Å². The fourth-order valence-corrected chi connectivity index (χ4v) is 4.25. The van der Waals surface area contributed by atoms with Crippen molar-refractivity contribution < 1.29 is 38.2 Å². The summed E-state index contributed by atoms with van der Waals surface area (Å²) in [5.74, 6) is -1.72. The van der Waals surface area contributed by atoms with Crippen molar-refractivity contribution in [1.82, 2.24) is 10.6 Å². The lowest BCUT2D eigenvalue weighted by molar-refractivity contribution is -0.159. The molecule has 0 fully saturated rings. The zero-order chi connectivity index (χ0) is 33.1. The van der Waals surface area contributed by atoms with Crippen molar-refractivity contribution in [3.05, 3.63) is 0 Å².